The Morgan fingerprint density at radius 1 is 1.04 bits per heavy atom. The van der Waals surface area contributed by atoms with Crippen LogP contribution in [0.15, 0.2) is 59.5 Å². The van der Waals surface area contributed by atoms with Crippen LogP contribution in [0.3, 0.4) is 0 Å². The molecule has 0 unspecified atom stereocenters. The Balaban J connectivity index is 1.95. The molecular weight excluding hydrogens is 380 g/mol. The number of hydrogen-bond donors (Lipinski definition) is 0. The van der Waals surface area contributed by atoms with Crippen LogP contribution >= 0.6 is 11.6 Å². The van der Waals surface area contributed by atoms with Crippen LogP contribution in [0, 0.1) is 6.92 Å². The van der Waals surface area contributed by atoms with Crippen molar-refractivity contribution in [1.82, 2.24) is 0 Å². The average molecular weight is 403 g/mol. The van der Waals surface area contributed by atoms with Crippen LogP contribution in [-0.4, -0.2) is 18.9 Å². The fraction of sp³-hybridized carbons (Fsp3) is 0.318. The zero-order chi connectivity index (χ0) is 19.5. The van der Waals surface area contributed by atoms with Crippen LogP contribution in [0.2, 0.25) is 5.02 Å². The highest BCUT2D eigenvalue weighted by molar-refractivity contribution is 7.93. The summed E-state index contributed by atoms with van der Waals surface area (Å²) >= 11 is 5.90. The molecule has 1 aliphatic carbocycles. The van der Waals surface area contributed by atoms with Crippen LogP contribution in [0.25, 0.3) is 6.08 Å². The van der Waals surface area contributed by atoms with E-state index < -0.39 is 14.6 Å². The van der Waals surface area contributed by atoms with Crippen molar-refractivity contribution in [2.45, 2.75) is 48.7 Å². The van der Waals surface area contributed by atoms with Gasteiger partial charge in [-0.1, -0.05) is 60.0 Å². The third-order valence-electron chi connectivity index (χ3n) is 5.22. The minimum absolute atomic E-state index is 0.171. The number of benzene rings is 2. The third-order valence-corrected chi connectivity index (χ3v) is 7.99. The van der Waals surface area contributed by atoms with Gasteiger partial charge in [-0.15, -0.1) is 0 Å². The summed E-state index contributed by atoms with van der Waals surface area (Å²) in [6, 6.07) is 14.1. The van der Waals surface area contributed by atoms with E-state index in [2.05, 4.69) is 0 Å². The van der Waals surface area contributed by atoms with Crippen molar-refractivity contribution in [2.75, 3.05) is 0 Å². The minimum atomic E-state index is -3.77. The van der Waals surface area contributed by atoms with Gasteiger partial charge >= 0.3 is 0 Å². The standard InChI is InChI=1S/C22H23ClO3S/c1-17-7-13-20(14-8-17)27(25,26)22(15-3-2-6-21(22)24)16-4-5-18-9-11-19(23)12-10-18/h4-5,7-14H,2-3,6,15-16H2,1H3/b5-4+/t22-/m0/s1. The molecule has 2 aromatic carbocycles. The second-order valence-electron chi connectivity index (χ2n) is 7.10. The Kier molecular flexibility index (Phi) is 5.87. The molecule has 0 saturated heterocycles. The van der Waals surface area contributed by atoms with Crippen LogP contribution in [0.1, 0.15) is 43.2 Å². The molecule has 0 aromatic heterocycles. The molecule has 1 aliphatic rings. The molecule has 0 amide bonds. The first-order valence-corrected chi connectivity index (χ1v) is 11.0. The Bertz CT molecular complexity index is 944. The Morgan fingerprint density at radius 2 is 1.70 bits per heavy atom. The highest BCUT2D eigenvalue weighted by Gasteiger charge is 2.50. The van der Waals surface area contributed by atoms with E-state index >= 15 is 0 Å². The molecule has 0 heterocycles. The monoisotopic (exact) mass is 402 g/mol. The minimum Gasteiger partial charge on any atom is -0.298 e. The van der Waals surface area contributed by atoms with E-state index in [4.69, 9.17) is 11.6 Å². The molecule has 3 rings (SSSR count). The van der Waals surface area contributed by atoms with Gasteiger partial charge in [0.15, 0.2) is 15.6 Å². The molecule has 0 radical (unpaired) electrons. The zero-order valence-corrected chi connectivity index (χ0v) is 16.9. The summed E-state index contributed by atoms with van der Waals surface area (Å²) in [5, 5.41) is 0.646. The van der Waals surface area contributed by atoms with Crippen molar-refractivity contribution in [3.8, 4) is 0 Å². The second kappa shape index (κ2) is 7.99. The second-order valence-corrected chi connectivity index (χ2v) is 9.80. The quantitative estimate of drug-likeness (QED) is 0.672. The number of carbonyl (C=O) groups excluding carboxylic acids is 1. The summed E-state index contributed by atoms with van der Waals surface area (Å²) in [6.07, 6.45) is 6.02. The lowest BCUT2D eigenvalue weighted by atomic mass is 9.84. The number of ketones is 1. The number of Topliss-reactive ketones (excluding diaryl/α,β-unsaturated/α-hetero) is 1. The van der Waals surface area contributed by atoms with Crippen LogP contribution in [-0.2, 0) is 14.6 Å². The van der Waals surface area contributed by atoms with Crippen LogP contribution in [0.5, 0.6) is 0 Å². The first-order valence-electron chi connectivity index (χ1n) is 9.12. The van der Waals surface area contributed by atoms with Crippen molar-refractivity contribution in [3.63, 3.8) is 0 Å². The maximum Gasteiger partial charge on any atom is 0.191 e. The van der Waals surface area contributed by atoms with Crippen molar-refractivity contribution < 1.29 is 13.2 Å². The van der Waals surface area contributed by atoms with E-state index in [-0.39, 0.29) is 17.1 Å². The lowest BCUT2D eigenvalue weighted by Gasteiger charge is -2.34. The number of rotatable bonds is 5. The number of halogens is 1. The Hall–Kier alpha value is -1.91. The van der Waals surface area contributed by atoms with E-state index in [9.17, 15) is 13.2 Å². The molecule has 0 spiro atoms. The van der Waals surface area contributed by atoms with E-state index in [0.29, 0.717) is 17.9 Å². The van der Waals surface area contributed by atoms with Crippen molar-refractivity contribution in [1.29, 1.82) is 0 Å². The van der Waals surface area contributed by atoms with Gasteiger partial charge < -0.3 is 0 Å². The molecule has 142 valence electrons. The zero-order valence-electron chi connectivity index (χ0n) is 15.3. The molecule has 2 aromatic rings. The van der Waals surface area contributed by atoms with Gasteiger partial charge in [-0.2, -0.15) is 0 Å². The summed E-state index contributed by atoms with van der Waals surface area (Å²) in [5.74, 6) is -0.171. The molecule has 5 heteroatoms. The van der Waals surface area contributed by atoms with Gasteiger partial charge in [-0.05, 0) is 56.0 Å². The van der Waals surface area contributed by atoms with Gasteiger partial charge in [0.2, 0.25) is 0 Å². The number of sulfone groups is 1. The number of carbonyl (C=O) groups is 1. The normalized spacial score (nSPS) is 20.9. The van der Waals surface area contributed by atoms with Gasteiger partial charge in [0, 0.05) is 11.4 Å². The highest BCUT2D eigenvalue weighted by Crippen LogP contribution is 2.40. The SMILES string of the molecule is Cc1ccc(S(=O)(=O)[C@]2(C/C=C/c3ccc(Cl)cc3)CCCCC2=O)cc1. The van der Waals surface area contributed by atoms with Crippen molar-refractivity contribution in [3.05, 3.63) is 70.8 Å². The molecule has 3 nitrogen and oxygen atoms in total. The number of hydrogen-bond acceptors (Lipinski definition) is 3. The lowest BCUT2D eigenvalue weighted by Crippen LogP contribution is -2.48. The topological polar surface area (TPSA) is 51.2 Å². The van der Waals surface area contributed by atoms with Gasteiger partial charge in [0.05, 0.1) is 4.90 Å². The summed E-state index contributed by atoms with van der Waals surface area (Å²) < 4.78 is 25.5. The predicted molar refractivity (Wildman–Crippen MR) is 110 cm³/mol. The molecule has 0 N–H and O–H groups in total. The van der Waals surface area contributed by atoms with Crippen molar-refractivity contribution >= 4 is 33.3 Å². The van der Waals surface area contributed by atoms with E-state index in [0.717, 1.165) is 24.0 Å². The first-order chi connectivity index (χ1) is 12.8. The largest absolute Gasteiger partial charge is 0.298 e. The van der Waals surface area contributed by atoms with Crippen molar-refractivity contribution in [2.24, 2.45) is 0 Å². The fourth-order valence-electron chi connectivity index (χ4n) is 3.58. The van der Waals surface area contributed by atoms with Crippen LogP contribution in [0.4, 0.5) is 0 Å². The van der Waals surface area contributed by atoms with Gasteiger partial charge in [-0.3, -0.25) is 4.79 Å². The highest BCUT2D eigenvalue weighted by atomic mass is 35.5. The van der Waals surface area contributed by atoms with Gasteiger partial charge in [-0.25, -0.2) is 8.42 Å². The summed E-state index contributed by atoms with van der Waals surface area (Å²) in [6.45, 7) is 1.91. The smallest absolute Gasteiger partial charge is 0.191 e. The van der Waals surface area contributed by atoms with E-state index in [1.54, 1.807) is 42.5 Å². The van der Waals surface area contributed by atoms with Gasteiger partial charge in [0.1, 0.15) is 4.75 Å². The molecule has 0 aliphatic heterocycles. The number of allylic oxidation sites excluding steroid dienone is 1. The first kappa shape index (κ1) is 19.8. The summed E-state index contributed by atoms with van der Waals surface area (Å²) in [5.41, 5.74) is 1.91. The average Bonchev–Trinajstić information content (AvgIpc) is 2.65. The molecule has 27 heavy (non-hydrogen) atoms. The molecular formula is C22H23ClO3S. The lowest BCUT2D eigenvalue weighted by molar-refractivity contribution is -0.123. The summed E-state index contributed by atoms with van der Waals surface area (Å²) in [7, 11) is -3.77. The molecule has 1 fully saturated rings. The summed E-state index contributed by atoms with van der Waals surface area (Å²) in [4.78, 5) is 13.1. The van der Waals surface area contributed by atoms with E-state index in [1.165, 1.54) is 0 Å². The maximum atomic E-state index is 13.4. The Labute approximate surface area is 166 Å². The fourth-order valence-corrected chi connectivity index (χ4v) is 5.78. The molecule has 1 saturated carbocycles. The van der Waals surface area contributed by atoms with E-state index in [1.807, 2.05) is 25.1 Å². The van der Waals surface area contributed by atoms with Crippen LogP contribution < -0.4 is 0 Å². The number of aryl methyl sites for hydroxylation is 1. The Morgan fingerprint density at radius 3 is 2.33 bits per heavy atom. The third kappa shape index (κ3) is 4.02. The maximum absolute atomic E-state index is 13.4. The van der Waals surface area contributed by atoms with Gasteiger partial charge in [0.25, 0.3) is 0 Å². The predicted octanol–water partition coefficient (Wildman–Crippen LogP) is 5.41. The molecule has 1 atom stereocenters. The molecule has 0 bridgehead atoms.